The van der Waals surface area contributed by atoms with Crippen LogP contribution in [0.15, 0.2) is 53.4 Å². The maximum absolute atomic E-state index is 12.5. The lowest BCUT2D eigenvalue weighted by Gasteiger charge is -2.51. The molecule has 4 aliphatic heterocycles. The Hall–Kier alpha value is -2.42. The predicted molar refractivity (Wildman–Crippen MR) is 148 cm³/mol. The Balaban J connectivity index is 1.07. The van der Waals surface area contributed by atoms with Crippen molar-refractivity contribution >= 4 is 29.2 Å². The molecule has 2 N–H and O–H groups in total. The molecule has 8 heteroatoms. The number of nitrogens with zero attached hydrogens (tertiary/aromatic N) is 3. The van der Waals surface area contributed by atoms with Crippen molar-refractivity contribution < 1.29 is 9.53 Å². The van der Waals surface area contributed by atoms with E-state index in [-0.39, 0.29) is 6.03 Å². The molecule has 4 atom stereocenters. The number of hydrogen-bond acceptors (Lipinski definition) is 6. The second-order valence-electron chi connectivity index (χ2n) is 10.2. The van der Waals surface area contributed by atoms with Crippen LogP contribution in [0.25, 0.3) is 0 Å². The number of piperidine rings is 3. The van der Waals surface area contributed by atoms with E-state index >= 15 is 0 Å². The summed E-state index contributed by atoms with van der Waals surface area (Å²) in [5, 5.41) is 6.11. The fourth-order valence-electron chi connectivity index (χ4n) is 6.15. The van der Waals surface area contributed by atoms with Gasteiger partial charge in [-0.05, 0) is 67.8 Å². The Bertz CT molecular complexity index is 1030. The third kappa shape index (κ3) is 5.93. The molecule has 1 unspecified atom stereocenters. The molecule has 7 nitrogen and oxygen atoms in total. The van der Waals surface area contributed by atoms with Crippen LogP contribution in [-0.2, 0) is 0 Å². The minimum Gasteiger partial charge on any atom is -0.495 e. The number of rotatable bonds is 8. The second kappa shape index (κ2) is 11.8. The number of piperazine rings is 1. The number of nitrogens with one attached hydrogen (secondary N) is 2. The number of urea groups is 1. The first-order chi connectivity index (χ1) is 17.6. The maximum atomic E-state index is 12.5. The zero-order chi connectivity index (χ0) is 24.9. The van der Waals surface area contributed by atoms with Gasteiger partial charge in [0.05, 0.1) is 12.8 Å². The first-order valence-electron chi connectivity index (χ1n) is 13.2. The molecule has 0 radical (unpaired) electrons. The average molecular weight is 510 g/mol. The highest BCUT2D eigenvalue weighted by atomic mass is 32.2. The topological polar surface area (TPSA) is 60.1 Å². The van der Waals surface area contributed by atoms with Gasteiger partial charge in [0, 0.05) is 62.4 Å². The molecule has 0 saturated carbocycles. The molecule has 0 aliphatic carbocycles. The van der Waals surface area contributed by atoms with Crippen molar-refractivity contribution in [2.75, 3.05) is 75.9 Å². The van der Waals surface area contributed by atoms with Gasteiger partial charge >= 0.3 is 6.03 Å². The number of carbonyl (C=O) groups is 1. The summed E-state index contributed by atoms with van der Waals surface area (Å²) >= 11 is 1.68. The van der Waals surface area contributed by atoms with E-state index < -0.39 is 0 Å². The van der Waals surface area contributed by atoms with Crippen molar-refractivity contribution in [1.29, 1.82) is 0 Å². The van der Waals surface area contributed by atoms with E-state index in [9.17, 15) is 4.79 Å². The number of methoxy groups -OCH3 is 1. The van der Waals surface area contributed by atoms with Gasteiger partial charge < -0.3 is 20.3 Å². The number of hydrogen-bond donors (Lipinski definition) is 2. The average Bonchev–Trinajstić information content (AvgIpc) is 2.93. The van der Waals surface area contributed by atoms with Gasteiger partial charge in [0.25, 0.3) is 0 Å². The molecule has 6 rings (SSSR count). The summed E-state index contributed by atoms with van der Waals surface area (Å²) in [5.74, 6) is 2.46. The number of amides is 2. The first-order valence-corrected chi connectivity index (χ1v) is 14.4. The van der Waals surface area contributed by atoms with Gasteiger partial charge in [-0.15, -0.1) is 11.8 Å². The molecule has 194 valence electrons. The van der Waals surface area contributed by atoms with E-state index in [1.54, 1.807) is 18.9 Å². The maximum Gasteiger partial charge on any atom is 0.319 e. The Kier molecular flexibility index (Phi) is 8.24. The van der Waals surface area contributed by atoms with Crippen LogP contribution in [0, 0.1) is 11.8 Å². The van der Waals surface area contributed by atoms with E-state index in [1.807, 2.05) is 36.6 Å². The second-order valence-corrected chi connectivity index (χ2v) is 11.1. The number of benzene rings is 2. The third-order valence-electron chi connectivity index (χ3n) is 8.13. The van der Waals surface area contributed by atoms with E-state index in [2.05, 4.69) is 43.5 Å². The zero-order valence-electron chi connectivity index (χ0n) is 21.5. The van der Waals surface area contributed by atoms with Crippen LogP contribution >= 0.6 is 11.8 Å². The van der Waals surface area contributed by atoms with Gasteiger partial charge in [0.15, 0.2) is 0 Å². The molecule has 2 aromatic carbocycles. The van der Waals surface area contributed by atoms with Gasteiger partial charge in [-0.1, -0.05) is 18.2 Å². The van der Waals surface area contributed by atoms with Gasteiger partial charge in [0.1, 0.15) is 5.75 Å². The van der Waals surface area contributed by atoms with Crippen LogP contribution < -0.4 is 20.3 Å². The van der Waals surface area contributed by atoms with Crippen LogP contribution in [0.4, 0.5) is 16.2 Å². The SMILES string of the molecule is COc1ccccc1N1CCN(C[C@H]2CN3CC[C@H]2C[C@@H]3CNC(=O)Nc2cccc(SC)c2)CC1. The molecule has 4 heterocycles. The summed E-state index contributed by atoms with van der Waals surface area (Å²) in [7, 11) is 1.75. The summed E-state index contributed by atoms with van der Waals surface area (Å²) in [6, 6.07) is 16.7. The zero-order valence-corrected chi connectivity index (χ0v) is 22.3. The number of para-hydroxylation sites is 2. The molecule has 4 saturated heterocycles. The van der Waals surface area contributed by atoms with Crippen molar-refractivity contribution in [3.63, 3.8) is 0 Å². The summed E-state index contributed by atoms with van der Waals surface area (Å²) in [6.45, 7) is 8.51. The lowest BCUT2D eigenvalue weighted by atomic mass is 9.75. The molecule has 0 aromatic heterocycles. The van der Waals surface area contributed by atoms with Gasteiger partial charge in [-0.25, -0.2) is 4.79 Å². The predicted octanol–water partition coefficient (Wildman–Crippen LogP) is 4.07. The van der Waals surface area contributed by atoms with Gasteiger partial charge in [-0.3, -0.25) is 9.80 Å². The van der Waals surface area contributed by atoms with Crippen molar-refractivity contribution in [2.24, 2.45) is 11.8 Å². The summed E-state index contributed by atoms with van der Waals surface area (Å²) < 4.78 is 5.57. The van der Waals surface area contributed by atoms with Crippen LogP contribution in [0.5, 0.6) is 5.75 Å². The molecular formula is C28H39N5O2S. The number of fused-ring (bicyclic) bond motifs is 3. The van der Waals surface area contributed by atoms with E-state index in [0.29, 0.717) is 6.04 Å². The Morgan fingerprint density at radius 3 is 2.67 bits per heavy atom. The molecular weight excluding hydrogens is 470 g/mol. The highest BCUT2D eigenvalue weighted by molar-refractivity contribution is 7.98. The smallest absolute Gasteiger partial charge is 0.319 e. The standard InChI is InChI=1S/C28H39N5O2S/c1-35-27-9-4-3-8-26(27)32-14-12-31(13-15-32)19-22-20-33-11-10-21(22)16-24(33)18-29-28(34)30-23-6-5-7-25(17-23)36-2/h3-9,17,21-22,24H,10-16,18-20H2,1-2H3,(H2,29,30,34)/t21-,22-,24+/m0/s1. The Morgan fingerprint density at radius 1 is 1.08 bits per heavy atom. The molecule has 0 spiro atoms. The van der Waals surface area contributed by atoms with Crippen LogP contribution in [-0.4, -0.2) is 87.6 Å². The first kappa shape index (κ1) is 25.2. The number of carbonyl (C=O) groups excluding carboxylic acids is 1. The summed E-state index contributed by atoms with van der Waals surface area (Å²) in [5.41, 5.74) is 2.05. The quantitative estimate of drug-likeness (QED) is 0.523. The van der Waals surface area contributed by atoms with Crippen molar-refractivity contribution in [3.05, 3.63) is 48.5 Å². The normalized spacial score (nSPS) is 26.0. The van der Waals surface area contributed by atoms with Crippen LogP contribution in [0.1, 0.15) is 12.8 Å². The molecule has 4 fully saturated rings. The highest BCUT2D eigenvalue weighted by Gasteiger charge is 2.40. The monoisotopic (exact) mass is 509 g/mol. The largest absolute Gasteiger partial charge is 0.495 e. The molecule has 4 aliphatic rings. The fourth-order valence-corrected chi connectivity index (χ4v) is 6.61. The van der Waals surface area contributed by atoms with Gasteiger partial charge in [-0.2, -0.15) is 0 Å². The number of anilines is 2. The summed E-state index contributed by atoms with van der Waals surface area (Å²) in [6.07, 6.45) is 4.52. The van der Waals surface area contributed by atoms with E-state index in [1.165, 1.54) is 25.1 Å². The third-order valence-corrected chi connectivity index (χ3v) is 8.86. The van der Waals surface area contributed by atoms with Crippen molar-refractivity contribution in [3.8, 4) is 5.75 Å². The van der Waals surface area contributed by atoms with Crippen molar-refractivity contribution in [2.45, 2.75) is 23.8 Å². The van der Waals surface area contributed by atoms with Gasteiger partial charge in [0.2, 0.25) is 0 Å². The van der Waals surface area contributed by atoms with E-state index in [4.69, 9.17) is 4.74 Å². The number of thioether (sulfide) groups is 1. The fraction of sp³-hybridized carbons (Fsp3) is 0.536. The Morgan fingerprint density at radius 2 is 1.92 bits per heavy atom. The minimum absolute atomic E-state index is 0.111. The highest BCUT2D eigenvalue weighted by Crippen LogP contribution is 2.37. The lowest BCUT2D eigenvalue weighted by Crippen LogP contribution is -2.59. The van der Waals surface area contributed by atoms with Crippen LogP contribution in [0.3, 0.4) is 0 Å². The summed E-state index contributed by atoms with van der Waals surface area (Å²) in [4.78, 5) is 21.4. The lowest BCUT2D eigenvalue weighted by molar-refractivity contribution is -0.0114. The van der Waals surface area contributed by atoms with Crippen molar-refractivity contribution in [1.82, 2.24) is 15.1 Å². The molecule has 2 amide bonds. The van der Waals surface area contributed by atoms with Crippen LogP contribution in [0.2, 0.25) is 0 Å². The van der Waals surface area contributed by atoms with E-state index in [0.717, 1.165) is 74.0 Å². The number of ether oxygens (including phenoxy) is 1. The molecule has 2 bridgehead atoms. The molecule has 36 heavy (non-hydrogen) atoms. The molecule has 2 aromatic rings. The minimum atomic E-state index is -0.111. The Labute approximate surface area is 219 Å².